The highest BCUT2D eigenvalue weighted by molar-refractivity contribution is 5.76. The largest absolute Gasteiger partial charge is 0.476 e. The van der Waals surface area contributed by atoms with Crippen LogP contribution in [0.25, 0.3) is 0 Å². The summed E-state index contributed by atoms with van der Waals surface area (Å²) >= 11 is 0. The molecule has 1 fully saturated rings. The van der Waals surface area contributed by atoms with Crippen molar-refractivity contribution in [1.29, 1.82) is 0 Å². The molecule has 0 aliphatic heterocycles. The maximum Gasteiger partial charge on any atom is 0.239 e. The normalized spacial score (nSPS) is 13.8. The van der Waals surface area contributed by atoms with E-state index in [2.05, 4.69) is 15.6 Å². The third-order valence-corrected chi connectivity index (χ3v) is 3.27. The smallest absolute Gasteiger partial charge is 0.239 e. The summed E-state index contributed by atoms with van der Waals surface area (Å²) in [7, 11) is 0. The standard InChI is InChI=1S/C15H24N4O2/c1-2-8-18-14(20)7-9-17-13-6-5-12(16)15(19-13)21-10-11-3-4-11/h5-6,11H,2-4,7-10,16H2,1H3,(H,17,19)(H,18,20). The number of amides is 1. The Kier molecular flexibility index (Phi) is 5.66. The van der Waals surface area contributed by atoms with E-state index in [0.29, 0.717) is 42.9 Å². The summed E-state index contributed by atoms with van der Waals surface area (Å²) in [6.07, 6.45) is 3.82. The molecule has 4 N–H and O–H groups in total. The maximum absolute atomic E-state index is 11.5. The van der Waals surface area contributed by atoms with Gasteiger partial charge in [0.25, 0.3) is 0 Å². The van der Waals surface area contributed by atoms with Gasteiger partial charge >= 0.3 is 0 Å². The number of nitrogens with two attached hydrogens (primary N) is 1. The zero-order valence-corrected chi connectivity index (χ0v) is 12.5. The number of pyridine rings is 1. The summed E-state index contributed by atoms with van der Waals surface area (Å²) in [5.41, 5.74) is 6.39. The van der Waals surface area contributed by atoms with Crippen LogP contribution in [0.15, 0.2) is 12.1 Å². The lowest BCUT2D eigenvalue weighted by Gasteiger charge is -2.10. The van der Waals surface area contributed by atoms with Crippen LogP contribution in [0.1, 0.15) is 32.6 Å². The van der Waals surface area contributed by atoms with Gasteiger partial charge in [-0.25, -0.2) is 0 Å². The molecule has 1 amide bonds. The van der Waals surface area contributed by atoms with Gasteiger partial charge in [-0.15, -0.1) is 0 Å². The Balaban J connectivity index is 1.76. The van der Waals surface area contributed by atoms with Gasteiger partial charge in [-0.3, -0.25) is 4.79 Å². The molecule has 6 nitrogen and oxygen atoms in total. The molecular weight excluding hydrogens is 268 g/mol. The van der Waals surface area contributed by atoms with E-state index in [-0.39, 0.29) is 5.91 Å². The fourth-order valence-corrected chi connectivity index (χ4v) is 1.80. The number of nitrogens with zero attached hydrogens (tertiary/aromatic N) is 1. The third-order valence-electron chi connectivity index (χ3n) is 3.27. The number of rotatable bonds is 9. The average Bonchev–Trinajstić information content (AvgIpc) is 3.29. The highest BCUT2D eigenvalue weighted by Crippen LogP contribution is 2.30. The Morgan fingerprint density at radius 2 is 2.24 bits per heavy atom. The molecule has 1 aromatic heterocycles. The summed E-state index contributed by atoms with van der Waals surface area (Å²) in [5, 5.41) is 5.95. The molecule has 0 saturated heterocycles. The van der Waals surface area contributed by atoms with Crippen molar-refractivity contribution in [2.24, 2.45) is 5.92 Å². The number of nitrogen functional groups attached to an aromatic ring is 1. The fraction of sp³-hybridized carbons (Fsp3) is 0.600. The van der Waals surface area contributed by atoms with Gasteiger partial charge < -0.3 is 21.1 Å². The maximum atomic E-state index is 11.5. The molecule has 21 heavy (non-hydrogen) atoms. The summed E-state index contributed by atoms with van der Waals surface area (Å²) in [5.74, 6) is 1.86. The topological polar surface area (TPSA) is 89.3 Å². The van der Waals surface area contributed by atoms with E-state index in [1.165, 1.54) is 12.8 Å². The number of anilines is 2. The molecule has 1 aliphatic rings. The first-order valence-electron chi connectivity index (χ1n) is 7.59. The van der Waals surface area contributed by atoms with Crippen molar-refractivity contribution in [2.45, 2.75) is 32.6 Å². The number of hydrogen-bond acceptors (Lipinski definition) is 5. The second kappa shape index (κ2) is 7.71. The van der Waals surface area contributed by atoms with Gasteiger partial charge in [-0.2, -0.15) is 4.98 Å². The molecule has 0 atom stereocenters. The molecular formula is C15H24N4O2. The van der Waals surface area contributed by atoms with Crippen LogP contribution in [0.2, 0.25) is 0 Å². The Morgan fingerprint density at radius 1 is 1.43 bits per heavy atom. The molecule has 1 heterocycles. The van der Waals surface area contributed by atoms with Crippen LogP contribution in [0.3, 0.4) is 0 Å². The number of nitrogens with one attached hydrogen (secondary N) is 2. The predicted octanol–water partition coefficient (Wildman–Crippen LogP) is 1.78. The van der Waals surface area contributed by atoms with Crippen molar-refractivity contribution in [3.63, 3.8) is 0 Å². The van der Waals surface area contributed by atoms with Gasteiger partial charge in [0.1, 0.15) is 5.82 Å². The minimum atomic E-state index is 0.0463. The summed E-state index contributed by atoms with van der Waals surface area (Å²) in [4.78, 5) is 15.8. The molecule has 2 rings (SSSR count). The van der Waals surface area contributed by atoms with E-state index in [1.807, 2.05) is 6.92 Å². The number of hydrogen-bond donors (Lipinski definition) is 3. The molecule has 0 aromatic carbocycles. The van der Waals surface area contributed by atoms with Crippen LogP contribution in [0, 0.1) is 5.92 Å². The second-order valence-corrected chi connectivity index (χ2v) is 5.37. The van der Waals surface area contributed by atoms with Gasteiger partial charge in [0, 0.05) is 19.5 Å². The second-order valence-electron chi connectivity index (χ2n) is 5.37. The molecule has 1 saturated carbocycles. The molecule has 0 bridgehead atoms. The molecule has 0 spiro atoms. The minimum absolute atomic E-state index is 0.0463. The van der Waals surface area contributed by atoms with Crippen molar-refractivity contribution < 1.29 is 9.53 Å². The van der Waals surface area contributed by atoms with Gasteiger partial charge in [0.15, 0.2) is 0 Å². The molecule has 116 valence electrons. The van der Waals surface area contributed by atoms with Gasteiger partial charge in [-0.1, -0.05) is 6.92 Å². The Labute approximate surface area is 125 Å². The van der Waals surface area contributed by atoms with Crippen LogP contribution in [0.5, 0.6) is 5.88 Å². The summed E-state index contributed by atoms with van der Waals surface area (Å²) in [6.45, 7) is 3.96. The fourth-order valence-electron chi connectivity index (χ4n) is 1.80. The van der Waals surface area contributed by atoms with Gasteiger partial charge in [0.05, 0.1) is 12.3 Å². The van der Waals surface area contributed by atoms with Crippen molar-refractivity contribution in [3.05, 3.63) is 12.1 Å². The zero-order chi connectivity index (χ0) is 15.1. The minimum Gasteiger partial charge on any atom is -0.476 e. The van der Waals surface area contributed by atoms with Gasteiger partial charge in [-0.05, 0) is 37.3 Å². The van der Waals surface area contributed by atoms with E-state index < -0.39 is 0 Å². The lowest BCUT2D eigenvalue weighted by molar-refractivity contribution is -0.120. The first-order chi connectivity index (χ1) is 10.2. The predicted molar refractivity (Wildman–Crippen MR) is 83.3 cm³/mol. The molecule has 6 heteroatoms. The van der Waals surface area contributed by atoms with Crippen LogP contribution in [-0.4, -0.2) is 30.6 Å². The van der Waals surface area contributed by atoms with E-state index in [9.17, 15) is 4.79 Å². The molecule has 0 unspecified atom stereocenters. The first kappa shape index (κ1) is 15.4. The van der Waals surface area contributed by atoms with Crippen LogP contribution in [0.4, 0.5) is 11.5 Å². The van der Waals surface area contributed by atoms with E-state index in [0.717, 1.165) is 13.0 Å². The van der Waals surface area contributed by atoms with E-state index in [4.69, 9.17) is 10.5 Å². The lowest BCUT2D eigenvalue weighted by atomic mass is 10.3. The Morgan fingerprint density at radius 3 is 2.95 bits per heavy atom. The summed E-state index contributed by atoms with van der Waals surface area (Å²) < 4.78 is 5.63. The zero-order valence-electron chi connectivity index (χ0n) is 12.5. The third kappa shape index (κ3) is 5.49. The average molecular weight is 292 g/mol. The van der Waals surface area contributed by atoms with Crippen molar-refractivity contribution in [1.82, 2.24) is 10.3 Å². The van der Waals surface area contributed by atoms with Crippen LogP contribution in [-0.2, 0) is 4.79 Å². The van der Waals surface area contributed by atoms with Crippen LogP contribution < -0.4 is 21.1 Å². The van der Waals surface area contributed by atoms with Crippen molar-refractivity contribution in [3.8, 4) is 5.88 Å². The van der Waals surface area contributed by atoms with Crippen molar-refractivity contribution >= 4 is 17.4 Å². The lowest BCUT2D eigenvalue weighted by Crippen LogP contribution is -2.26. The quantitative estimate of drug-likeness (QED) is 0.645. The van der Waals surface area contributed by atoms with Gasteiger partial charge in [0.2, 0.25) is 11.8 Å². The molecule has 1 aliphatic carbocycles. The monoisotopic (exact) mass is 292 g/mol. The number of ether oxygens (including phenoxy) is 1. The first-order valence-corrected chi connectivity index (χ1v) is 7.59. The highest BCUT2D eigenvalue weighted by Gasteiger charge is 2.22. The highest BCUT2D eigenvalue weighted by atomic mass is 16.5. The molecule has 1 aromatic rings. The summed E-state index contributed by atoms with van der Waals surface area (Å²) in [6, 6.07) is 3.57. The Bertz CT molecular complexity index is 475. The molecule has 0 radical (unpaired) electrons. The van der Waals surface area contributed by atoms with Crippen LogP contribution >= 0.6 is 0 Å². The number of aromatic nitrogens is 1. The van der Waals surface area contributed by atoms with Crippen molar-refractivity contribution in [2.75, 3.05) is 30.7 Å². The van der Waals surface area contributed by atoms with E-state index >= 15 is 0 Å². The Hall–Kier alpha value is -1.98. The SMILES string of the molecule is CCCNC(=O)CCNc1ccc(N)c(OCC2CC2)n1. The number of carbonyl (C=O) groups excluding carboxylic acids is 1. The van der Waals surface area contributed by atoms with E-state index in [1.54, 1.807) is 12.1 Å². The number of carbonyl (C=O) groups is 1.